The van der Waals surface area contributed by atoms with Crippen molar-refractivity contribution in [2.24, 2.45) is 0 Å². The van der Waals surface area contributed by atoms with Gasteiger partial charge in [-0.05, 0) is 43.2 Å². The predicted molar refractivity (Wildman–Crippen MR) is 84.2 cm³/mol. The Labute approximate surface area is 127 Å². The van der Waals surface area contributed by atoms with Gasteiger partial charge in [0.25, 0.3) is 5.91 Å². The lowest BCUT2D eigenvalue weighted by Gasteiger charge is -2.12. The minimum atomic E-state index is -0.164. The lowest BCUT2D eigenvalue weighted by atomic mass is 10.1. The van der Waals surface area contributed by atoms with Gasteiger partial charge in [0, 0.05) is 10.2 Å². The van der Waals surface area contributed by atoms with E-state index in [2.05, 4.69) is 21.2 Å². The second-order valence-electron chi connectivity index (χ2n) is 4.56. The fourth-order valence-electron chi connectivity index (χ4n) is 1.89. The van der Waals surface area contributed by atoms with Crippen LogP contribution in [0.25, 0.3) is 0 Å². The lowest BCUT2D eigenvalue weighted by molar-refractivity contribution is -0.118. The maximum Gasteiger partial charge on any atom is 0.262 e. The van der Waals surface area contributed by atoms with E-state index in [4.69, 9.17) is 4.74 Å². The minimum Gasteiger partial charge on any atom is -0.484 e. The molecule has 0 heterocycles. The summed E-state index contributed by atoms with van der Waals surface area (Å²) in [5.74, 6) is 0.499. The highest BCUT2D eigenvalue weighted by molar-refractivity contribution is 9.10. The van der Waals surface area contributed by atoms with Gasteiger partial charge in [0.2, 0.25) is 0 Å². The van der Waals surface area contributed by atoms with Crippen molar-refractivity contribution in [3.05, 3.63) is 58.1 Å². The van der Waals surface area contributed by atoms with E-state index >= 15 is 0 Å². The monoisotopic (exact) mass is 333 g/mol. The Bertz CT molecular complexity index is 605. The molecule has 0 aromatic heterocycles. The van der Waals surface area contributed by atoms with Crippen LogP contribution in [0.1, 0.15) is 11.1 Å². The van der Waals surface area contributed by atoms with Crippen LogP contribution in [0.2, 0.25) is 0 Å². The first-order valence-corrected chi connectivity index (χ1v) is 7.10. The Morgan fingerprint density at radius 2 is 1.80 bits per heavy atom. The van der Waals surface area contributed by atoms with E-state index in [1.54, 1.807) is 0 Å². The zero-order valence-corrected chi connectivity index (χ0v) is 13.0. The largest absolute Gasteiger partial charge is 0.484 e. The summed E-state index contributed by atoms with van der Waals surface area (Å²) in [5, 5.41) is 2.89. The van der Waals surface area contributed by atoms with Gasteiger partial charge >= 0.3 is 0 Å². The molecule has 104 valence electrons. The summed E-state index contributed by atoms with van der Waals surface area (Å²) in [4.78, 5) is 11.9. The summed E-state index contributed by atoms with van der Waals surface area (Å²) >= 11 is 3.36. The van der Waals surface area contributed by atoms with Crippen LogP contribution in [0.15, 0.2) is 46.9 Å². The molecule has 2 aromatic carbocycles. The topological polar surface area (TPSA) is 38.3 Å². The number of amides is 1. The molecule has 3 nitrogen and oxygen atoms in total. The zero-order chi connectivity index (χ0) is 14.5. The number of rotatable bonds is 4. The van der Waals surface area contributed by atoms with Crippen molar-refractivity contribution < 1.29 is 9.53 Å². The number of hydrogen-bond donors (Lipinski definition) is 1. The van der Waals surface area contributed by atoms with Crippen LogP contribution >= 0.6 is 15.9 Å². The highest BCUT2D eigenvalue weighted by Crippen LogP contribution is 2.20. The van der Waals surface area contributed by atoms with Gasteiger partial charge in [0.05, 0.1) is 0 Å². The molecule has 0 aliphatic heterocycles. The number of ether oxygens (including phenoxy) is 1. The van der Waals surface area contributed by atoms with Crippen molar-refractivity contribution in [2.75, 3.05) is 11.9 Å². The molecular weight excluding hydrogens is 318 g/mol. The Hall–Kier alpha value is -1.81. The molecule has 0 aliphatic rings. The van der Waals surface area contributed by atoms with Crippen molar-refractivity contribution in [1.29, 1.82) is 0 Å². The molecule has 0 saturated carbocycles. The van der Waals surface area contributed by atoms with Crippen LogP contribution in [0.4, 0.5) is 5.69 Å². The first-order chi connectivity index (χ1) is 9.56. The van der Waals surface area contributed by atoms with Crippen LogP contribution in [0.5, 0.6) is 5.75 Å². The smallest absolute Gasteiger partial charge is 0.262 e. The summed E-state index contributed by atoms with van der Waals surface area (Å²) in [6, 6.07) is 13.3. The maximum absolute atomic E-state index is 11.9. The quantitative estimate of drug-likeness (QED) is 0.915. The normalized spacial score (nSPS) is 10.2. The molecule has 1 amide bonds. The van der Waals surface area contributed by atoms with Gasteiger partial charge in [0.1, 0.15) is 5.75 Å². The van der Waals surface area contributed by atoms with Crippen LogP contribution in [-0.4, -0.2) is 12.5 Å². The fraction of sp³-hybridized carbons (Fsp3) is 0.188. The van der Waals surface area contributed by atoms with Crippen LogP contribution in [0.3, 0.4) is 0 Å². The van der Waals surface area contributed by atoms with Gasteiger partial charge in [-0.15, -0.1) is 0 Å². The Morgan fingerprint density at radius 1 is 1.15 bits per heavy atom. The van der Waals surface area contributed by atoms with Crippen molar-refractivity contribution in [3.8, 4) is 5.75 Å². The molecule has 20 heavy (non-hydrogen) atoms. The minimum absolute atomic E-state index is 0.00969. The number of aryl methyl sites for hydroxylation is 2. The number of carbonyl (C=O) groups excluding carboxylic acids is 1. The van der Waals surface area contributed by atoms with E-state index < -0.39 is 0 Å². The number of para-hydroxylation sites is 1. The van der Waals surface area contributed by atoms with Crippen LogP contribution < -0.4 is 10.1 Å². The number of nitrogens with one attached hydrogen (secondary N) is 1. The summed E-state index contributed by atoms with van der Waals surface area (Å²) < 4.78 is 6.38. The SMILES string of the molecule is Cc1cccc(C)c1NC(=O)COc1cccc(Br)c1. The Morgan fingerprint density at radius 3 is 2.45 bits per heavy atom. The average Bonchev–Trinajstić information content (AvgIpc) is 2.41. The van der Waals surface area contributed by atoms with E-state index in [1.165, 1.54) is 0 Å². The van der Waals surface area contributed by atoms with E-state index in [-0.39, 0.29) is 12.5 Å². The van der Waals surface area contributed by atoms with Crippen molar-refractivity contribution in [1.82, 2.24) is 0 Å². The highest BCUT2D eigenvalue weighted by Gasteiger charge is 2.08. The fourth-order valence-corrected chi connectivity index (χ4v) is 2.27. The molecule has 1 N–H and O–H groups in total. The predicted octanol–water partition coefficient (Wildman–Crippen LogP) is 4.08. The molecule has 0 aliphatic carbocycles. The third-order valence-corrected chi connectivity index (χ3v) is 3.40. The first-order valence-electron chi connectivity index (χ1n) is 6.30. The van der Waals surface area contributed by atoms with Gasteiger partial charge in [-0.1, -0.05) is 40.2 Å². The third kappa shape index (κ3) is 3.84. The third-order valence-electron chi connectivity index (χ3n) is 2.91. The summed E-state index contributed by atoms with van der Waals surface area (Å²) in [6.07, 6.45) is 0. The lowest BCUT2D eigenvalue weighted by Crippen LogP contribution is -2.21. The molecule has 0 saturated heterocycles. The summed E-state index contributed by atoms with van der Waals surface area (Å²) in [5.41, 5.74) is 2.94. The molecule has 4 heteroatoms. The molecule has 0 fully saturated rings. The van der Waals surface area contributed by atoms with E-state index in [1.807, 2.05) is 56.3 Å². The van der Waals surface area contributed by atoms with Crippen molar-refractivity contribution in [2.45, 2.75) is 13.8 Å². The van der Waals surface area contributed by atoms with Gasteiger partial charge in [-0.3, -0.25) is 4.79 Å². The van der Waals surface area contributed by atoms with Gasteiger partial charge in [-0.25, -0.2) is 0 Å². The van der Waals surface area contributed by atoms with Gasteiger partial charge < -0.3 is 10.1 Å². The van der Waals surface area contributed by atoms with Crippen molar-refractivity contribution >= 4 is 27.5 Å². The number of anilines is 1. The van der Waals surface area contributed by atoms with Gasteiger partial charge in [-0.2, -0.15) is 0 Å². The molecule has 0 atom stereocenters. The summed E-state index contributed by atoms with van der Waals surface area (Å²) in [6.45, 7) is 3.93. The zero-order valence-electron chi connectivity index (χ0n) is 11.4. The molecule has 0 unspecified atom stereocenters. The second kappa shape index (κ2) is 6.57. The highest BCUT2D eigenvalue weighted by atomic mass is 79.9. The molecule has 0 bridgehead atoms. The molecule has 0 radical (unpaired) electrons. The van der Waals surface area contributed by atoms with E-state index in [0.717, 1.165) is 21.3 Å². The number of carbonyl (C=O) groups is 1. The average molecular weight is 334 g/mol. The van der Waals surface area contributed by atoms with E-state index in [0.29, 0.717) is 5.75 Å². The van der Waals surface area contributed by atoms with Gasteiger partial charge in [0.15, 0.2) is 6.61 Å². The Balaban J connectivity index is 1.96. The number of benzene rings is 2. The Kier molecular flexibility index (Phi) is 4.79. The molecule has 2 aromatic rings. The molecular formula is C16H16BrNO2. The second-order valence-corrected chi connectivity index (χ2v) is 5.48. The van der Waals surface area contributed by atoms with Crippen LogP contribution in [0, 0.1) is 13.8 Å². The summed E-state index contributed by atoms with van der Waals surface area (Å²) in [7, 11) is 0. The first kappa shape index (κ1) is 14.6. The maximum atomic E-state index is 11.9. The number of halogens is 1. The number of hydrogen-bond acceptors (Lipinski definition) is 2. The van der Waals surface area contributed by atoms with Crippen LogP contribution in [-0.2, 0) is 4.79 Å². The van der Waals surface area contributed by atoms with E-state index in [9.17, 15) is 4.79 Å². The molecule has 0 spiro atoms. The molecule has 2 rings (SSSR count). The van der Waals surface area contributed by atoms with Crippen molar-refractivity contribution in [3.63, 3.8) is 0 Å². The standard InChI is InChI=1S/C16H16BrNO2/c1-11-5-3-6-12(2)16(11)18-15(19)10-20-14-8-4-7-13(17)9-14/h3-9H,10H2,1-2H3,(H,18,19).